The van der Waals surface area contributed by atoms with E-state index in [1.165, 1.54) is 11.8 Å². The van der Waals surface area contributed by atoms with Gasteiger partial charge in [0.2, 0.25) is 0 Å². The highest BCUT2D eigenvalue weighted by Crippen LogP contribution is 2.27. The van der Waals surface area contributed by atoms with E-state index in [2.05, 4.69) is 5.16 Å². The number of benzene rings is 1. The summed E-state index contributed by atoms with van der Waals surface area (Å²) in [6, 6.07) is 9.98. The van der Waals surface area contributed by atoms with Crippen molar-refractivity contribution >= 4 is 5.78 Å². The highest BCUT2D eigenvalue weighted by Gasteiger charge is 2.18. The molecule has 3 nitrogen and oxygen atoms in total. The van der Waals surface area contributed by atoms with Crippen LogP contribution in [-0.4, -0.2) is 10.9 Å². The maximum absolute atomic E-state index is 11.3. The van der Waals surface area contributed by atoms with E-state index in [0.717, 1.165) is 11.3 Å². The van der Waals surface area contributed by atoms with Gasteiger partial charge in [0.15, 0.2) is 0 Å². The average Bonchev–Trinajstić information content (AvgIpc) is 2.80. The van der Waals surface area contributed by atoms with Crippen molar-refractivity contribution in [1.82, 2.24) is 5.16 Å². The Labute approximate surface area is 100 Å². The molecule has 0 aliphatic rings. The number of aromatic nitrogens is 1. The van der Waals surface area contributed by atoms with Crippen LogP contribution in [-0.2, 0) is 4.79 Å². The fourth-order valence-electron chi connectivity index (χ4n) is 1.88. The highest BCUT2D eigenvalue weighted by atomic mass is 16.5. The summed E-state index contributed by atoms with van der Waals surface area (Å²) >= 11 is 0. The SMILES string of the molecule is CC(=O)CC(c1ccc(C)cc1)c1ccon1. The van der Waals surface area contributed by atoms with E-state index in [9.17, 15) is 4.79 Å². The molecule has 3 heteroatoms. The van der Waals surface area contributed by atoms with Gasteiger partial charge in [-0.15, -0.1) is 0 Å². The Morgan fingerprint density at radius 2 is 2.00 bits per heavy atom. The summed E-state index contributed by atoms with van der Waals surface area (Å²) < 4.78 is 4.86. The van der Waals surface area contributed by atoms with Crippen LogP contribution in [0.3, 0.4) is 0 Å². The molecule has 1 aromatic heterocycles. The molecule has 1 unspecified atom stereocenters. The van der Waals surface area contributed by atoms with Gasteiger partial charge >= 0.3 is 0 Å². The van der Waals surface area contributed by atoms with Gasteiger partial charge in [0.1, 0.15) is 12.0 Å². The zero-order valence-electron chi connectivity index (χ0n) is 10.0. The number of carbonyl (C=O) groups excluding carboxylic acids is 1. The van der Waals surface area contributed by atoms with Gasteiger partial charge in [0.05, 0.1) is 5.69 Å². The van der Waals surface area contributed by atoms with Crippen molar-refractivity contribution in [3.63, 3.8) is 0 Å². The third-order valence-corrected chi connectivity index (χ3v) is 2.79. The van der Waals surface area contributed by atoms with Crippen LogP contribution in [0, 0.1) is 6.92 Å². The van der Waals surface area contributed by atoms with E-state index in [0.29, 0.717) is 6.42 Å². The first-order valence-corrected chi connectivity index (χ1v) is 5.63. The van der Waals surface area contributed by atoms with Crippen molar-refractivity contribution in [1.29, 1.82) is 0 Å². The Morgan fingerprint density at radius 3 is 2.53 bits per heavy atom. The first-order valence-electron chi connectivity index (χ1n) is 5.63. The summed E-state index contributed by atoms with van der Waals surface area (Å²) in [5.74, 6) is 0.144. The molecule has 1 aromatic carbocycles. The molecular weight excluding hydrogens is 214 g/mol. The molecule has 0 aliphatic carbocycles. The molecule has 0 bridgehead atoms. The Kier molecular flexibility index (Phi) is 3.38. The second-order valence-electron chi connectivity index (χ2n) is 4.29. The van der Waals surface area contributed by atoms with Crippen LogP contribution in [0.5, 0.6) is 0 Å². The van der Waals surface area contributed by atoms with Gasteiger partial charge in [-0.3, -0.25) is 4.79 Å². The lowest BCUT2D eigenvalue weighted by molar-refractivity contribution is -0.117. The number of nitrogens with zero attached hydrogens (tertiary/aromatic N) is 1. The molecule has 0 fully saturated rings. The third kappa shape index (κ3) is 2.81. The van der Waals surface area contributed by atoms with Crippen molar-refractivity contribution in [2.24, 2.45) is 0 Å². The highest BCUT2D eigenvalue weighted by molar-refractivity contribution is 5.77. The summed E-state index contributed by atoms with van der Waals surface area (Å²) in [5.41, 5.74) is 3.11. The molecule has 0 saturated carbocycles. The number of hydrogen-bond acceptors (Lipinski definition) is 3. The van der Waals surface area contributed by atoms with Gasteiger partial charge < -0.3 is 4.52 Å². The van der Waals surface area contributed by atoms with E-state index in [1.54, 1.807) is 6.92 Å². The number of hydrogen-bond donors (Lipinski definition) is 0. The lowest BCUT2D eigenvalue weighted by Gasteiger charge is -2.13. The Morgan fingerprint density at radius 1 is 1.29 bits per heavy atom. The summed E-state index contributed by atoms with van der Waals surface area (Å²) in [5, 5.41) is 3.94. The van der Waals surface area contributed by atoms with E-state index < -0.39 is 0 Å². The molecule has 2 aromatic rings. The minimum atomic E-state index is -0.00755. The molecule has 17 heavy (non-hydrogen) atoms. The molecule has 0 aliphatic heterocycles. The van der Waals surface area contributed by atoms with Crippen molar-refractivity contribution in [2.75, 3.05) is 0 Å². The van der Waals surface area contributed by atoms with Crippen molar-refractivity contribution in [3.8, 4) is 0 Å². The summed E-state index contributed by atoms with van der Waals surface area (Å²) in [6.07, 6.45) is 1.99. The normalized spacial score (nSPS) is 12.4. The lowest BCUT2D eigenvalue weighted by atomic mass is 9.90. The van der Waals surface area contributed by atoms with Crippen LogP contribution >= 0.6 is 0 Å². The van der Waals surface area contributed by atoms with E-state index in [4.69, 9.17) is 4.52 Å². The first kappa shape index (κ1) is 11.6. The minimum absolute atomic E-state index is 0.00755. The Bertz CT molecular complexity index is 485. The maximum Gasteiger partial charge on any atom is 0.130 e. The molecule has 0 saturated heterocycles. The van der Waals surface area contributed by atoms with Crippen molar-refractivity contribution in [2.45, 2.75) is 26.2 Å². The molecule has 88 valence electrons. The zero-order chi connectivity index (χ0) is 12.3. The predicted octanol–water partition coefficient (Wildman–Crippen LogP) is 3.09. The van der Waals surface area contributed by atoms with Crippen LogP contribution < -0.4 is 0 Å². The zero-order valence-corrected chi connectivity index (χ0v) is 10.0. The molecular formula is C14H15NO2. The molecule has 2 rings (SSSR count). The van der Waals surface area contributed by atoms with Crippen LogP contribution in [0.1, 0.15) is 36.1 Å². The fraction of sp³-hybridized carbons (Fsp3) is 0.286. The summed E-state index contributed by atoms with van der Waals surface area (Å²) in [4.78, 5) is 11.3. The van der Waals surface area contributed by atoms with Crippen LogP contribution in [0.15, 0.2) is 41.1 Å². The largest absolute Gasteiger partial charge is 0.364 e. The van der Waals surface area contributed by atoms with E-state index in [-0.39, 0.29) is 11.7 Å². The third-order valence-electron chi connectivity index (χ3n) is 2.79. The van der Waals surface area contributed by atoms with Crippen LogP contribution in [0.2, 0.25) is 0 Å². The monoisotopic (exact) mass is 229 g/mol. The standard InChI is InChI=1S/C14H15NO2/c1-10-3-5-12(6-4-10)13(9-11(2)16)14-7-8-17-15-14/h3-8,13H,9H2,1-2H3. The number of ketones is 1. The average molecular weight is 229 g/mol. The second kappa shape index (κ2) is 4.95. The summed E-state index contributed by atoms with van der Waals surface area (Å²) in [7, 11) is 0. The maximum atomic E-state index is 11.3. The number of carbonyl (C=O) groups is 1. The topological polar surface area (TPSA) is 43.1 Å². The number of Topliss-reactive ketones (excluding diaryl/α,β-unsaturated/α-hetero) is 1. The summed E-state index contributed by atoms with van der Waals surface area (Å²) in [6.45, 7) is 3.64. The van der Waals surface area contributed by atoms with Gasteiger partial charge in [-0.05, 0) is 19.4 Å². The smallest absolute Gasteiger partial charge is 0.130 e. The van der Waals surface area contributed by atoms with E-state index in [1.807, 2.05) is 37.3 Å². The molecule has 1 atom stereocenters. The number of aryl methyl sites for hydroxylation is 1. The van der Waals surface area contributed by atoms with Gasteiger partial charge in [-0.2, -0.15) is 0 Å². The van der Waals surface area contributed by atoms with Gasteiger partial charge in [0, 0.05) is 18.4 Å². The molecule has 0 N–H and O–H groups in total. The van der Waals surface area contributed by atoms with E-state index >= 15 is 0 Å². The minimum Gasteiger partial charge on any atom is -0.364 e. The Hall–Kier alpha value is -1.90. The number of rotatable bonds is 4. The fourth-order valence-corrected chi connectivity index (χ4v) is 1.88. The molecule has 0 spiro atoms. The molecule has 0 amide bonds. The van der Waals surface area contributed by atoms with Gasteiger partial charge in [-0.1, -0.05) is 35.0 Å². The first-order chi connectivity index (χ1) is 8.16. The second-order valence-corrected chi connectivity index (χ2v) is 4.29. The predicted molar refractivity (Wildman–Crippen MR) is 64.8 cm³/mol. The van der Waals surface area contributed by atoms with Crippen LogP contribution in [0.4, 0.5) is 0 Å². The van der Waals surface area contributed by atoms with Crippen molar-refractivity contribution in [3.05, 3.63) is 53.4 Å². The quantitative estimate of drug-likeness (QED) is 0.809. The van der Waals surface area contributed by atoms with Crippen LogP contribution in [0.25, 0.3) is 0 Å². The van der Waals surface area contributed by atoms with Gasteiger partial charge in [-0.25, -0.2) is 0 Å². The van der Waals surface area contributed by atoms with Crippen molar-refractivity contribution < 1.29 is 9.32 Å². The van der Waals surface area contributed by atoms with Gasteiger partial charge in [0.25, 0.3) is 0 Å². The molecule has 1 heterocycles. The Balaban J connectivity index is 2.33. The molecule has 0 radical (unpaired) electrons. The lowest BCUT2D eigenvalue weighted by Crippen LogP contribution is -2.06.